The van der Waals surface area contributed by atoms with Crippen LogP contribution in [0.25, 0.3) is 0 Å². The van der Waals surface area contributed by atoms with Crippen molar-refractivity contribution in [3.8, 4) is 0 Å². The number of nitrogens with zero attached hydrogens (tertiary/aromatic N) is 3. The molecule has 1 fully saturated rings. The highest BCUT2D eigenvalue weighted by Gasteiger charge is 2.36. The molecule has 30 heavy (non-hydrogen) atoms. The summed E-state index contributed by atoms with van der Waals surface area (Å²) < 4.78 is 1.56. The van der Waals surface area contributed by atoms with Crippen LogP contribution in [0.4, 0.5) is 5.69 Å². The Kier molecular flexibility index (Phi) is 6.39. The van der Waals surface area contributed by atoms with E-state index in [-0.39, 0.29) is 11.9 Å². The number of hydrogen-bond donors (Lipinski definition) is 1. The zero-order valence-corrected chi connectivity index (χ0v) is 19.8. The van der Waals surface area contributed by atoms with Gasteiger partial charge in [0.1, 0.15) is 18.8 Å². The maximum atomic E-state index is 13.1. The third-order valence-corrected chi connectivity index (χ3v) is 6.83. The Hall–Kier alpha value is -1.60. The van der Waals surface area contributed by atoms with E-state index in [1.165, 1.54) is 6.42 Å². The predicted molar refractivity (Wildman–Crippen MR) is 126 cm³/mol. The van der Waals surface area contributed by atoms with Crippen molar-refractivity contribution in [2.75, 3.05) is 25.1 Å². The molecule has 1 N–H and O–H groups in total. The lowest BCUT2D eigenvalue weighted by Crippen LogP contribution is -2.60. The number of piperidine rings is 1. The van der Waals surface area contributed by atoms with Gasteiger partial charge in [-0.2, -0.15) is 10.5 Å². The maximum Gasteiger partial charge on any atom is 0.312 e. The number of rotatable bonds is 4. The summed E-state index contributed by atoms with van der Waals surface area (Å²) in [7, 11) is 2.08. The van der Waals surface area contributed by atoms with Gasteiger partial charge < -0.3 is 0 Å². The number of nitrogens with one attached hydrogen (secondary N) is 1. The van der Waals surface area contributed by atoms with Gasteiger partial charge in [0.2, 0.25) is 0 Å². The van der Waals surface area contributed by atoms with Gasteiger partial charge in [-0.1, -0.05) is 51.3 Å². The van der Waals surface area contributed by atoms with E-state index in [2.05, 4.69) is 28.4 Å². The Morgan fingerprint density at radius 2 is 1.83 bits per heavy atom. The van der Waals surface area contributed by atoms with E-state index >= 15 is 0 Å². The Bertz CT molecular complexity index is 974. The van der Waals surface area contributed by atoms with Crippen LogP contribution < -0.4 is 10.4 Å². The summed E-state index contributed by atoms with van der Waals surface area (Å²) in [5.74, 6) is -0.117. The molecule has 2 aliphatic rings. The number of hydrazone groups is 1. The van der Waals surface area contributed by atoms with Crippen LogP contribution >= 0.6 is 39.1 Å². The fourth-order valence-electron chi connectivity index (χ4n) is 4.11. The van der Waals surface area contributed by atoms with Crippen LogP contribution in [-0.4, -0.2) is 36.3 Å². The minimum absolute atomic E-state index is 0.117. The molecule has 0 bridgehead atoms. The second-order valence-corrected chi connectivity index (χ2v) is 9.86. The summed E-state index contributed by atoms with van der Waals surface area (Å²) in [6.45, 7) is 1.89. The van der Waals surface area contributed by atoms with Gasteiger partial charge >= 0.3 is 5.91 Å². The van der Waals surface area contributed by atoms with Gasteiger partial charge in [0.25, 0.3) is 0 Å². The summed E-state index contributed by atoms with van der Waals surface area (Å²) in [5.41, 5.74) is 5.50. The average molecular weight is 511 g/mol. The molecule has 0 radical (unpaired) electrons. The summed E-state index contributed by atoms with van der Waals surface area (Å²) in [6.07, 6.45) is 3.97. The van der Waals surface area contributed by atoms with Crippen LogP contribution in [0.15, 0.2) is 52.0 Å². The molecular weight excluding hydrogens is 487 g/mol. The number of benzene rings is 2. The van der Waals surface area contributed by atoms with Crippen molar-refractivity contribution in [2.45, 2.75) is 31.7 Å². The van der Waals surface area contributed by atoms with E-state index < -0.39 is 0 Å². The maximum absolute atomic E-state index is 13.1. The lowest BCUT2D eigenvalue weighted by atomic mass is 10.0. The smallest absolute Gasteiger partial charge is 0.263 e. The average Bonchev–Trinajstić information content (AvgIpc) is 3.14. The standard InChI is InChI=1S/C22H23BrCl2N4O/c1-29(11-3-2-4-12-29)27-22(30)19-14-21(15-5-7-16(23)8-6-15)28(26-19)20-10-9-17(24)13-18(20)25/h5-10,13,21H,2-4,11-12,14H2,1H3/p+1. The van der Waals surface area contributed by atoms with Gasteiger partial charge in [-0.25, -0.2) is 4.59 Å². The van der Waals surface area contributed by atoms with Crippen molar-refractivity contribution in [3.63, 3.8) is 0 Å². The number of anilines is 1. The minimum atomic E-state index is -0.121. The number of carbonyl (C=O) groups is 1. The fraction of sp³-hybridized carbons (Fsp3) is 0.364. The monoisotopic (exact) mass is 509 g/mol. The van der Waals surface area contributed by atoms with E-state index in [1.54, 1.807) is 12.1 Å². The van der Waals surface area contributed by atoms with Gasteiger partial charge in [0.15, 0.2) is 0 Å². The predicted octanol–water partition coefficient (Wildman–Crippen LogP) is 5.73. The minimum Gasteiger partial charge on any atom is -0.263 e. The van der Waals surface area contributed by atoms with Gasteiger partial charge in [-0.3, -0.25) is 9.80 Å². The first kappa shape index (κ1) is 21.6. The van der Waals surface area contributed by atoms with Crippen LogP contribution in [0, 0.1) is 0 Å². The number of likely N-dealkylation sites (tertiary alicyclic amines) is 1. The number of quaternary nitrogens is 1. The molecule has 4 rings (SSSR count). The largest absolute Gasteiger partial charge is 0.312 e. The lowest BCUT2D eigenvalue weighted by molar-refractivity contribution is -0.947. The lowest BCUT2D eigenvalue weighted by Gasteiger charge is -2.36. The van der Waals surface area contributed by atoms with Crippen LogP contribution in [0.1, 0.15) is 37.3 Å². The molecule has 158 valence electrons. The molecule has 8 heteroatoms. The quantitative estimate of drug-likeness (QED) is 0.534. The Morgan fingerprint density at radius 3 is 2.50 bits per heavy atom. The zero-order valence-electron chi connectivity index (χ0n) is 16.7. The van der Waals surface area contributed by atoms with Crippen molar-refractivity contribution >= 4 is 56.4 Å². The zero-order chi connectivity index (χ0) is 21.3. The van der Waals surface area contributed by atoms with Crippen LogP contribution in [0.3, 0.4) is 0 Å². The van der Waals surface area contributed by atoms with Gasteiger partial charge in [-0.05, 0) is 55.2 Å². The van der Waals surface area contributed by atoms with E-state index in [1.807, 2.05) is 35.3 Å². The molecule has 2 aromatic rings. The highest BCUT2D eigenvalue weighted by molar-refractivity contribution is 9.10. The van der Waals surface area contributed by atoms with Crippen molar-refractivity contribution < 1.29 is 9.39 Å². The number of carbonyl (C=O) groups excluding carboxylic acids is 1. The summed E-state index contributed by atoms with van der Waals surface area (Å²) >= 11 is 16.1. The summed E-state index contributed by atoms with van der Waals surface area (Å²) in [6, 6.07) is 13.3. The van der Waals surface area contributed by atoms with Gasteiger partial charge in [0.05, 0.1) is 23.8 Å². The molecule has 2 aromatic carbocycles. The summed E-state index contributed by atoms with van der Waals surface area (Å²) in [4.78, 5) is 13.1. The second-order valence-electron chi connectivity index (χ2n) is 8.10. The van der Waals surface area contributed by atoms with E-state index in [0.717, 1.165) is 41.7 Å². The fourth-order valence-corrected chi connectivity index (χ4v) is 4.87. The van der Waals surface area contributed by atoms with Crippen molar-refractivity contribution in [1.82, 2.24) is 5.43 Å². The van der Waals surface area contributed by atoms with Crippen molar-refractivity contribution in [2.24, 2.45) is 5.10 Å². The van der Waals surface area contributed by atoms with E-state index in [4.69, 9.17) is 28.3 Å². The van der Waals surface area contributed by atoms with E-state index in [0.29, 0.717) is 26.8 Å². The third kappa shape index (κ3) is 4.67. The molecule has 1 saturated heterocycles. The number of amides is 1. The summed E-state index contributed by atoms with van der Waals surface area (Å²) in [5, 5.41) is 7.62. The van der Waals surface area contributed by atoms with Crippen LogP contribution in [0.2, 0.25) is 10.0 Å². The molecule has 0 aromatic heterocycles. The Morgan fingerprint density at radius 1 is 1.13 bits per heavy atom. The Balaban J connectivity index is 1.64. The molecular formula is C22H24BrCl2N4O+. The first-order valence-electron chi connectivity index (χ1n) is 10.1. The first-order chi connectivity index (χ1) is 14.3. The SMILES string of the molecule is C[N+]1(NC(=O)C2=NN(c3ccc(Cl)cc3Cl)C(c3ccc(Br)cc3)C2)CCCCC1. The Labute approximate surface area is 195 Å². The first-order valence-corrected chi connectivity index (χ1v) is 11.6. The van der Waals surface area contributed by atoms with Crippen LogP contribution in [0.5, 0.6) is 0 Å². The van der Waals surface area contributed by atoms with E-state index in [9.17, 15) is 4.79 Å². The molecule has 1 amide bonds. The normalized spacial score (nSPS) is 20.7. The third-order valence-electron chi connectivity index (χ3n) is 5.76. The molecule has 0 aliphatic carbocycles. The van der Waals surface area contributed by atoms with Crippen molar-refractivity contribution in [3.05, 3.63) is 62.5 Å². The number of halogens is 3. The topological polar surface area (TPSA) is 44.7 Å². The second kappa shape index (κ2) is 8.87. The molecule has 5 nitrogen and oxygen atoms in total. The highest BCUT2D eigenvalue weighted by Crippen LogP contribution is 2.40. The van der Waals surface area contributed by atoms with Crippen LogP contribution in [-0.2, 0) is 4.79 Å². The molecule has 2 heterocycles. The van der Waals surface area contributed by atoms with Crippen molar-refractivity contribution in [1.29, 1.82) is 0 Å². The molecule has 1 atom stereocenters. The number of hydrogen-bond acceptors (Lipinski definition) is 3. The molecule has 1 unspecified atom stereocenters. The highest BCUT2D eigenvalue weighted by atomic mass is 79.9. The molecule has 2 aliphatic heterocycles. The van der Waals surface area contributed by atoms with Gasteiger partial charge in [-0.15, -0.1) is 0 Å². The molecule has 0 spiro atoms. The molecule has 0 saturated carbocycles. The van der Waals surface area contributed by atoms with Gasteiger partial charge in [0, 0.05) is 15.9 Å².